The quantitative estimate of drug-likeness (QED) is 0.713. The first kappa shape index (κ1) is 16.2. The highest BCUT2D eigenvalue weighted by Gasteiger charge is 2.15. The Morgan fingerprint density at radius 2 is 2.17 bits per heavy atom. The number of hydrogen-bond acceptors (Lipinski definition) is 4. The smallest absolute Gasteiger partial charge is 0.250 e. The second kappa shape index (κ2) is 6.82. The number of hydrogen-bond donors (Lipinski definition) is 1. The summed E-state index contributed by atoms with van der Waals surface area (Å²) in [5, 5.41) is 2.86. The zero-order chi connectivity index (χ0) is 16.3. The molecule has 0 aliphatic rings. The van der Waals surface area contributed by atoms with Crippen molar-refractivity contribution in [2.75, 3.05) is 6.54 Å². The minimum absolute atomic E-state index is 0.354. The SMILES string of the molecule is CCCn1cc(CCNS(=O)(=O)c2cccs2)c2cccnc21. The van der Waals surface area contributed by atoms with Gasteiger partial charge in [0, 0.05) is 30.9 Å². The molecular weight excluding hydrogens is 330 g/mol. The van der Waals surface area contributed by atoms with Crippen LogP contribution in [0.3, 0.4) is 0 Å². The number of fused-ring (bicyclic) bond motifs is 1. The van der Waals surface area contributed by atoms with Gasteiger partial charge in [-0.2, -0.15) is 0 Å². The number of nitrogens with one attached hydrogen (secondary N) is 1. The van der Waals surface area contributed by atoms with E-state index in [4.69, 9.17) is 0 Å². The first-order valence-electron chi connectivity index (χ1n) is 7.57. The van der Waals surface area contributed by atoms with Crippen molar-refractivity contribution in [1.29, 1.82) is 0 Å². The molecule has 7 heteroatoms. The fraction of sp³-hybridized carbons (Fsp3) is 0.312. The van der Waals surface area contributed by atoms with Crippen molar-refractivity contribution in [3.05, 3.63) is 47.6 Å². The second-order valence-electron chi connectivity index (χ2n) is 5.30. The lowest BCUT2D eigenvalue weighted by atomic mass is 10.2. The van der Waals surface area contributed by atoms with Gasteiger partial charge in [-0.1, -0.05) is 13.0 Å². The molecule has 0 radical (unpaired) electrons. The number of aromatic nitrogens is 2. The van der Waals surface area contributed by atoms with E-state index in [1.807, 2.05) is 12.1 Å². The predicted molar refractivity (Wildman–Crippen MR) is 93.2 cm³/mol. The molecule has 0 atom stereocenters. The van der Waals surface area contributed by atoms with Gasteiger partial charge in [-0.15, -0.1) is 11.3 Å². The molecule has 0 saturated carbocycles. The highest BCUT2D eigenvalue weighted by Crippen LogP contribution is 2.20. The predicted octanol–water partition coefficient (Wildman–Crippen LogP) is 3.03. The van der Waals surface area contributed by atoms with Gasteiger partial charge in [0.2, 0.25) is 10.0 Å². The van der Waals surface area contributed by atoms with Gasteiger partial charge in [-0.3, -0.25) is 0 Å². The Hall–Kier alpha value is -1.70. The van der Waals surface area contributed by atoms with E-state index in [0.717, 1.165) is 29.6 Å². The number of sulfonamides is 1. The Balaban J connectivity index is 1.75. The van der Waals surface area contributed by atoms with Crippen LogP contribution in [0.1, 0.15) is 18.9 Å². The van der Waals surface area contributed by atoms with Crippen molar-refractivity contribution >= 4 is 32.4 Å². The molecular formula is C16H19N3O2S2. The average Bonchev–Trinajstić information content (AvgIpc) is 3.18. The van der Waals surface area contributed by atoms with Crippen LogP contribution in [0.4, 0.5) is 0 Å². The molecule has 3 aromatic rings. The number of aryl methyl sites for hydroxylation is 1. The fourth-order valence-electron chi connectivity index (χ4n) is 2.61. The maximum Gasteiger partial charge on any atom is 0.250 e. The van der Waals surface area contributed by atoms with Gasteiger partial charge in [-0.05, 0) is 42.0 Å². The van der Waals surface area contributed by atoms with Gasteiger partial charge in [0.25, 0.3) is 0 Å². The van der Waals surface area contributed by atoms with Crippen molar-refractivity contribution in [3.8, 4) is 0 Å². The number of thiophene rings is 1. The minimum atomic E-state index is -3.40. The molecule has 0 aliphatic carbocycles. The molecule has 0 aliphatic heterocycles. The molecule has 0 unspecified atom stereocenters. The molecule has 3 aromatic heterocycles. The summed E-state index contributed by atoms with van der Waals surface area (Å²) < 4.78 is 29.4. The largest absolute Gasteiger partial charge is 0.332 e. The maximum absolute atomic E-state index is 12.1. The van der Waals surface area contributed by atoms with Crippen LogP contribution in [0, 0.1) is 0 Å². The average molecular weight is 349 g/mol. The zero-order valence-electron chi connectivity index (χ0n) is 12.9. The first-order valence-corrected chi connectivity index (χ1v) is 9.94. The van der Waals surface area contributed by atoms with Crippen molar-refractivity contribution in [2.45, 2.75) is 30.5 Å². The number of rotatable bonds is 7. The van der Waals surface area contributed by atoms with E-state index in [0.29, 0.717) is 17.2 Å². The molecule has 0 spiro atoms. The lowest BCUT2D eigenvalue weighted by Gasteiger charge is -2.04. The summed E-state index contributed by atoms with van der Waals surface area (Å²) in [7, 11) is -3.40. The fourth-order valence-corrected chi connectivity index (χ4v) is 4.68. The molecule has 122 valence electrons. The molecule has 0 saturated heterocycles. The van der Waals surface area contributed by atoms with Crippen molar-refractivity contribution in [1.82, 2.24) is 14.3 Å². The maximum atomic E-state index is 12.1. The Bertz CT molecular complexity index is 883. The van der Waals surface area contributed by atoms with Crippen molar-refractivity contribution < 1.29 is 8.42 Å². The van der Waals surface area contributed by atoms with Gasteiger partial charge < -0.3 is 4.57 Å². The Morgan fingerprint density at radius 3 is 2.91 bits per heavy atom. The summed E-state index contributed by atoms with van der Waals surface area (Å²) in [6.45, 7) is 3.42. The van der Waals surface area contributed by atoms with E-state index in [9.17, 15) is 8.42 Å². The Morgan fingerprint density at radius 1 is 1.30 bits per heavy atom. The van der Waals surface area contributed by atoms with Crippen LogP contribution in [0.2, 0.25) is 0 Å². The van der Waals surface area contributed by atoms with Crippen molar-refractivity contribution in [2.24, 2.45) is 0 Å². The summed E-state index contributed by atoms with van der Waals surface area (Å²) in [6.07, 6.45) is 5.55. The van der Waals surface area contributed by atoms with Crippen molar-refractivity contribution in [3.63, 3.8) is 0 Å². The van der Waals surface area contributed by atoms with Crippen LogP contribution in [-0.2, 0) is 23.0 Å². The van der Waals surface area contributed by atoms with Crippen LogP contribution in [0.5, 0.6) is 0 Å². The van der Waals surface area contributed by atoms with E-state index in [1.54, 1.807) is 23.7 Å². The topological polar surface area (TPSA) is 64.0 Å². The molecule has 1 N–H and O–H groups in total. The molecule has 23 heavy (non-hydrogen) atoms. The summed E-state index contributed by atoms with van der Waals surface area (Å²) in [6, 6.07) is 7.31. The highest BCUT2D eigenvalue weighted by molar-refractivity contribution is 7.91. The van der Waals surface area contributed by atoms with Gasteiger partial charge >= 0.3 is 0 Å². The third kappa shape index (κ3) is 3.46. The molecule has 0 amide bonds. The number of nitrogens with zero attached hydrogens (tertiary/aromatic N) is 2. The Kier molecular flexibility index (Phi) is 4.79. The summed E-state index contributed by atoms with van der Waals surface area (Å²) in [5.41, 5.74) is 2.08. The van der Waals surface area contributed by atoms with Crippen LogP contribution in [-0.4, -0.2) is 24.5 Å². The van der Waals surface area contributed by atoms with Crippen LogP contribution in [0.25, 0.3) is 11.0 Å². The van der Waals surface area contributed by atoms with Gasteiger partial charge in [0.15, 0.2) is 0 Å². The normalized spacial score (nSPS) is 12.0. The molecule has 3 rings (SSSR count). The van der Waals surface area contributed by atoms with Crippen LogP contribution < -0.4 is 4.72 Å². The monoisotopic (exact) mass is 349 g/mol. The minimum Gasteiger partial charge on any atom is -0.332 e. The van der Waals surface area contributed by atoms with Crippen LogP contribution in [0.15, 0.2) is 46.2 Å². The molecule has 0 fully saturated rings. The lowest BCUT2D eigenvalue weighted by Crippen LogP contribution is -2.25. The highest BCUT2D eigenvalue weighted by atomic mass is 32.2. The summed E-state index contributed by atoms with van der Waals surface area (Å²) in [5.74, 6) is 0. The molecule has 0 aromatic carbocycles. The van der Waals surface area contributed by atoms with E-state index in [2.05, 4.69) is 27.4 Å². The van der Waals surface area contributed by atoms with Gasteiger partial charge in [-0.25, -0.2) is 18.1 Å². The van der Waals surface area contributed by atoms with E-state index in [-0.39, 0.29) is 0 Å². The third-order valence-corrected chi connectivity index (χ3v) is 6.49. The van der Waals surface area contributed by atoms with E-state index >= 15 is 0 Å². The third-order valence-electron chi connectivity index (χ3n) is 3.63. The zero-order valence-corrected chi connectivity index (χ0v) is 14.5. The van der Waals surface area contributed by atoms with E-state index < -0.39 is 10.0 Å². The summed E-state index contributed by atoms with van der Waals surface area (Å²) >= 11 is 1.22. The summed E-state index contributed by atoms with van der Waals surface area (Å²) in [4.78, 5) is 4.44. The molecule has 3 heterocycles. The van der Waals surface area contributed by atoms with E-state index in [1.165, 1.54) is 11.3 Å². The number of pyridine rings is 1. The molecule has 0 bridgehead atoms. The van der Waals surface area contributed by atoms with Gasteiger partial charge in [0.05, 0.1) is 0 Å². The first-order chi connectivity index (χ1) is 11.1. The van der Waals surface area contributed by atoms with Gasteiger partial charge in [0.1, 0.15) is 9.86 Å². The molecule has 5 nitrogen and oxygen atoms in total. The van der Waals surface area contributed by atoms with Crippen LogP contribution >= 0.6 is 11.3 Å². The Labute approximate surface area is 140 Å². The lowest BCUT2D eigenvalue weighted by molar-refractivity contribution is 0.584. The second-order valence-corrected chi connectivity index (χ2v) is 8.24. The standard InChI is InChI=1S/C16H19N3O2S2/c1-2-10-19-12-13(14-5-3-8-17-16(14)19)7-9-18-23(20,21)15-6-4-11-22-15/h3-6,8,11-12,18H,2,7,9-10H2,1H3.